The van der Waals surface area contributed by atoms with Gasteiger partial charge in [-0.25, -0.2) is 4.79 Å². The average Bonchev–Trinajstić information content (AvgIpc) is 1.98. The Morgan fingerprint density at radius 1 is 1.58 bits per heavy atom. The zero-order valence-corrected chi connectivity index (χ0v) is 8.32. The van der Waals surface area contributed by atoms with E-state index in [1.165, 1.54) is 0 Å². The maximum atomic E-state index is 11.1. The Morgan fingerprint density at radius 2 is 2.25 bits per heavy atom. The number of hydrogen-bond donors (Lipinski definition) is 0. The van der Waals surface area contributed by atoms with Gasteiger partial charge in [0.25, 0.3) is 0 Å². The molecule has 2 nitrogen and oxygen atoms in total. The second-order valence-corrected chi connectivity index (χ2v) is 4.60. The van der Waals surface area contributed by atoms with Crippen LogP contribution < -0.4 is 0 Å². The smallest absolute Gasteiger partial charge is 0.334 e. The topological polar surface area (TPSA) is 26.3 Å². The maximum Gasteiger partial charge on any atom is 0.334 e. The first-order chi connectivity index (χ1) is 5.59. The first-order valence-corrected chi connectivity index (χ1v) is 5.15. The van der Waals surface area contributed by atoms with Gasteiger partial charge < -0.3 is 4.74 Å². The van der Waals surface area contributed by atoms with Crippen LogP contribution in [0.1, 0.15) is 20.3 Å². The Kier molecular flexibility index (Phi) is 3.20. The van der Waals surface area contributed by atoms with Gasteiger partial charge in [-0.05, 0) is 13.3 Å². The minimum atomic E-state index is -0.234. The summed E-state index contributed by atoms with van der Waals surface area (Å²) in [5, 5.41) is 0.546. The summed E-state index contributed by atoms with van der Waals surface area (Å²) in [6.45, 7) is 7.74. The molecule has 0 radical (unpaired) electrons. The number of ether oxygens (including phenoxy) is 1. The third-order valence-electron chi connectivity index (χ3n) is 1.80. The van der Waals surface area contributed by atoms with Crippen LogP contribution in [-0.4, -0.2) is 23.1 Å². The second-order valence-electron chi connectivity index (χ2n) is 3.18. The molecule has 12 heavy (non-hydrogen) atoms. The van der Waals surface area contributed by atoms with Gasteiger partial charge in [0.05, 0.1) is 0 Å². The average molecular weight is 186 g/mol. The Labute approximate surface area is 77.4 Å². The summed E-state index contributed by atoms with van der Waals surface area (Å²) in [6, 6.07) is 0. The molecule has 0 spiro atoms. The molecule has 68 valence electrons. The summed E-state index contributed by atoms with van der Waals surface area (Å²) in [5.74, 6) is 0.467. The molecule has 0 aromatic heterocycles. The molecule has 0 saturated carbocycles. The zero-order chi connectivity index (χ0) is 9.14. The number of thioether (sulfide) groups is 1. The largest absolute Gasteiger partial charge is 0.459 e. The summed E-state index contributed by atoms with van der Waals surface area (Å²) >= 11 is 1.77. The molecule has 1 aliphatic heterocycles. The lowest BCUT2D eigenvalue weighted by Crippen LogP contribution is -2.23. The van der Waals surface area contributed by atoms with Crippen LogP contribution in [0.15, 0.2) is 12.2 Å². The van der Waals surface area contributed by atoms with Crippen molar-refractivity contribution in [3.63, 3.8) is 0 Å². The minimum Gasteiger partial charge on any atom is -0.459 e. The van der Waals surface area contributed by atoms with Crippen molar-refractivity contribution in [2.24, 2.45) is 0 Å². The highest BCUT2D eigenvalue weighted by molar-refractivity contribution is 8.00. The van der Waals surface area contributed by atoms with Gasteiger partial charge >= 0.3 is 5.97 Å². The quantitative estimate of drug-likeness (QED) is 0.427. The zero-order valence-electron chi connectivity index (χ0n) is 7.50. The highest BCUT2D eigenvalue weighted by atomic mass is 32.2. The highest BCUT2D eigenvalue weighted by Crippen LogP contribution is 2.23. The van der Waals surface area contributed by atoms with Crippen molar-refractivity contribution in [2.45, 2.75) is 31.6 Å². The molecule has 1 aliphatic rings. The Morgan fingerprint density at radius 3 is 2.92 bits per heavy atom. The van der Waals surface area contributed by atoms with Gasteiger partial charge in [-0.3, -0.25) is 0 Å². The van der Waals surface area contributed by atoms with Crippen LogP contribution in [-0.2, 0) is 9.53 Å². The lowest BCUT2D eigenvalue weighted by Gasteiger charge is -2.21. The molecule has 0 N–H and O–H groups in total. The fourth-order valence-corrected chi connectivity index (χ4v) is 2.16. The lowest BCUT2D eigenvalue weighted by molar-refractivity contribution is -0.143. The highest BCUT2D eigenvalue weighted by Gasteiger charge is 2.20. The van der Waals surface area contributed by atoms with E-state index in [4.69, 9.17) is 4.74 Å². The fraction of sp³-hybridized carbons (Fsp3) is 0.667. The summed E-state index contributed by atoms with van der Waals surface area (Å²) in [7, 11) is 0. The van der Waals surface area contributed by atoms with Crippen molar-refractivity contribution in [3.8, 4) is 0 Å². The van der Waals surface area contributed by atoms with Crippen molar-refractivity contribution in [1.82, 2.24) is 0 Å². The molecule has 1 rings (SSSR count). The molecule has 1 heterocycles. The molecule has 0 bridgehead atoms. The van der Waals surface area contributed by atoms with Gasteiger partial charge in [-0.15, -0.1) is 0 Å². The van der Waals surface area contributed by atoms with Crippen LogP contribution in [0.3, 0.4) is 0 Å². The van der Waals surface area contributed by atoms with E-state index >= 15 is 0 Å². The summed E-state index contributed by atoms with van der Waals surface area (Å²) < 4.78 is 5.12. The SMILES string of the molecule is C=C1CSC(C)CC(C)OC1=O. The molecule has 0 amide bonds. The van der Waals surface area contributed by atoms with Crippen molar-refractivity contribution in [1.29, 1.82) is 0 Å². The van der Waals surface area contributed by atoms with Crippen molar-refractivity contribution in [2.75, 3.05) is 5.75 Å². The third-order valence-corrected chi connectivity index (χ3v) is 3.08. The second kappa shape index (κ2) is 3.99. The molecule has 0 aliphatic carbocycles. The lowest BCUT2D eigenvalue weighted by atomic mass is 10.2. The van der Waals surface area contributed by atoms with E-state index in [0.29, 0.717) is 16.6 Å². The van der Waals surface area contributed by atoms with Crippen molar-refractivity contribution >= 4 is 17.7 Å². The molecule has 0 aromatic carbocycles. The number of carbonyl (C=O) groups is 1. The van der Waals surface area contributed by atoms with E-state index in [-0.39, 0.29) is 12.1 Å². The van der Waals surface area contributed by atoms with E-state index in [1.54, 1.807) is 11.8 Å². The number of cyclic esters (lactones) is 1. The van der Waals surface area contributed by atoms with Crippen LogP contribution in [0.4, 0.5) is 0 Å². The van der Waals surface area contributed by atoms with E-state index in [2.05, 4.69) is 13.5 Å². The van der Waals surface area contributed by atoms with Gasteiger partial charge in [0.1, 0.15) is 6.10 Å². The Hall–Kier alpha value is -0.440. The van der Waals surface area contributed by atoms with Crippen LogP contribution in [0.25, 0.3) is 0 Å². The minimum absolute atomic E-state index is 0.0250. The number of carbonyl (C=O) groups excluding carboxylic acids is 1. The molecule has 0 aromatic rings. The monoisotopic (exact) mass is 186 g/mol. The van der Waals surface area contributed by atoms with Crippen LogP contribution in [0, 0.1) is 0 Å². The van der Waals surface area contributed by atoms with Gasteiger partial charge in [0.2, 0.25) is 0 Å². The summed E-state index contributed by atoms with van der Waals surface area (Å²) in [5.41, 5.74) is 0.582. The first-order valence-electron chi connectivity index (χ1n) is 4.10. The standard InChI is InChI=1S/C9H14O2S/c1-6-5-12-8(3)4-7(2)11-9(6)10/h7-8H,1,4-5H2,2-3H3. The Bertz CT molecular complexity index is 201. The number of hydrogen-bond acceptors (Lipinski definition) is 3. The summed E-state index contributed by atoms with van der Waals surface area (Å²) in [4.78, 5) is 11.1. The molecule has 3 heteroatoms. The number of esters is 1. The van der Waals surface area contributed by atoms with Gasteiger partial charge in [0.15, 0.2) is 0 Å². The van der Waals surface area contributed by atoms with Crippen molar-refractivity contribution < 1.29 is 9.53 Å². The molecular formula is C9H14O2S. The van der Waals surface area contributed by atoms with E-state index < -0.39 is 0 Å². The van der Waals surface area contributed by atoms with E-state index in [0.717, 1.165) is 6.42 Å². The van der Waals surface area contributed by atoms with Crippen LogP contribution in [0.2, 0.25) is 0 Å². The van der Waals surface area contributed by atoms with Crippen molar-refractivity contribution in [3.05, 3.63) is 12.2 Å². The normalized spacial score (nSPS) is 32.2. The molecule has 1 fully saturated rings. The predicted octanol–water partition coefficient (Wildman–Crippen LogP) is 2.00. The van der Waals surface area contributed by atoms with E-state index in [1.807, 2.05) is 6.92 Å². The summed E-state index contributed by atoms with van der Waals surface area (Å²) in [6.07, 6.45) is 0.959. The maximum absolute atomic E-state index is 11.1. The predicted molar refractivity (Wildman–Crippen MR) is 51.2 cm³/mol. The van der Waals surface area contributed by atoms with Crippen LogP contribution >= 0.6 is 11.8 Å². The molecule has 2 unspecified atom stereocenters. The van der Waals surface area contributed by atoms with Gasteiger partial charge in [-0.1, -0.05) is 13.5 Å². The first kappa shape index (κ1) is 9.65. The molecular weight excluding hydrogens is 172 g/mol. The number of rotatable bonds is 0. The fourth-order valence-electron chi connectivity index (χ4n) is 1.15. The van der Waals surface area contributed by atoms with E-state index in [9.17, 15) is 4.79 Å². The molecule has 2 atom stereocenters. The third kappa shape index (κ3) is 2.55. The molecule has 1 saturated heterocycles. The van der Waals surface area contributed by atoms with Crippen LogP contribution in [0.5, 0.6) is 0 Å². The van der Waals surface area contributed by atoms with Gasteiger partial charge in [-0.2, -0.15) is 11.8 Å². The Balaban J connectivity index is 2.58. The van der Waals surface area contributed by atoms with Gasteiger partial charge in [0, 0.05) is 16.6 Å².